The number of hydrogen-bond donors (Lipinski definition) is 1. The third-order valence-electron chi connectivity index (χ3n) is 5.25. The number of nitrogens with one attached hydrogen (secondary N) is 1. The second-order valence-corrected chi connectivity index (χ2v) is 7.54. The van der Waals surface area contributed by atoms with E-state index in [0.717, 1.165) is 19.0 Å². The highest BCUT2D eigenvalue weighted by molar-refractivity contribution is 5.30. The molecule has 0 heterocycles. The first kappa shape index (κ1) is 20.7. The van der Waals surface area contributed by atoms with Gasteiger partial charge in [0.2, 0.25) is 0 Å². The lowest BCUT2D eigenvalue weighted by molar-refractivity contribution is 0.395. The monoisotopic (exact) mass is 351 g/mol. The molecule has 0 spiro atoms. The second kappa shape index (κ2) is 14.6. The predicted octanol–water partition coefficient (Wildman–Crippen LogP) is 6.83. The van der Waals surface area contributed by atoms with Gasteiger partial charge in [0.05, 0.1) is 0 Å². The molecular formula is C25H37N. The Morgan fingerprint density at radius 1 is 0.615 bits per heavy atom. The second-order valence-electron chi connectivity index (χ2n) is 7.54. The molecule has 1 fully saturated rings. The fraction of sp³-hybridized carbons (Fsp3) is 0.520. The molecule has 0 amide bonds. The summed E-state index contributed by atoms with van der Waals surface area (Å²) in [6.45, 7) is 2.11. The summed E-state index contributed by atoms with van der Waals surface area (Å²) in [5.41, 5.74) is 1.33. The molecular weight excluding hydrogens is 314 g/mol. The van der Waals surface area contributed by atoms with Crippen LogP contribution in [-0.4, -0.2) is 13.1 Å². The van der Waals surface area contributed by atoms with Gasteiger partial charge in [-0.25, -0.2) is 0 Å². The Labute approximate surface area is 161 Å². The van der Waals surface area contributed by atoms with Crippen molar-refractivity contribution in [2.75, 3.05) is 13.1 Å². The highest BCUT2D eigenvalue weighted by Gasteiger charge is 2.09. The lowest BCUT2D eigenvalue weighted by Gasteiger charge is -2.17. The summed E-state index contributed by atoms with van der Waals surface area (Å²) in [5.74, 6) is 0.854. The summed E-state index contributed by atoms with van der Waals surface area (Å²) in [5, 5.41) is 3.73. The van der Waals surface area contributed by atoms with E-state index in [0.29, 0.717) is 0 Å². The Bertz CT molecular complexity index is 518. The van der Waals surface area contributed by atoms with Gasteiger partial charge in [0.15, 0.2) is 0 Å². The van der Waals surface area contributed by atoms with Crippen LogP contribution < -0.4 is 5.32 Å². The molecule has 0 unspecified atom stereocenters. The van der Waals surface area contributed by atoms with Gasteiger partial charge in [-0.15, -0.1) is 0 Å². The zero-order valence-electron chi connectivity index (χ0n) is 16.4. The van der Waals surface area contributed by atoms with E-state index in [1.54, 1.807) is 0 Å². The Balaban J connectivity index is 1.80. The van der Waals surface area contributed by atoms with Gasteiger partial charge in [0.25, 0.3) is 0 Å². The molecule has 2 aliphatic rings. The Hall–Kier alpha value is -1.60. The van der Waals surface area contributed by atoms with E-state index >= 15 is 0 Å². The van der Waals surface area contributed by atoms with Gasteiger partial charge in [-0.05, 0) is 30.9 Å². The molecule has 0 radical (unpaired) electrons. The van der Waals surface area contributed by atoms with E-state index in [9.17, 15) is 0 Å². The van der Waals surface area contributed by atoms with Crippen LogP contribution >= 0.6 is 0 Å². The van der Waals surface area contributed by atoms with Gasteiger partial charge in [0.1, 0.15) is 0 Å². The van der Waals surface area contributed by atoms with Crippen LogP contribution in [0.25, 0.3) is 0 Å². The molecule has 0 bridgehead atoms. The van der Waals surface area contributed by atoms with Crippen molar-refractivity contribution in [3.63, 3.8) is 0 Å². The molecule has 26 heavy (non-hydrogen) atoms. The first-order valence-corrected chi connectivity index (χ1v) is 10.7. The minimum atomic E-state index is 0.854. The third-order valence-corrected chi connectivity index (χ3v) is 5.25. The summed E-state index contributed by atoms with van der Waals surface area (Å²) in [6.07, 6.45) is 37.5. The minimum absolute atomic E-state index is 0.854. The van der Waals surface area contributed by atoms with Crippen molar-refractivity contribution in [3.8, 4) is 0 Å². The van der Waals surface area contributed by atoms with E-state index in [1.165, 1.54) is 69.8 Å². The summed E-state index contributed by atoms with van der Waals surface area (Å²) in [7, 11) is 0. The maximum Gasteiger partial charge on any atom is 0.0205 e. The zero-order chi connectivity index (χ0) is 18.1. The van der Waals surface area contributed by atoms with Gasteiger partial charge in [-0.2, -0.15) is 0 Å². The average Bonchev–Trinajstić information content (AvgIpc) is 2.70. The minimum Gasteiger partial charge on any atom is -0.312 e. The van der Waals surface area contributed by atoms with Crippen LogP contribution in [0.3, 0.4) is 0 Å². The smallest absolute Gasteiger partial charge is 0.0205 e. The van der Waals surface area contributed by atoms with Crippen molar-refractivity contribution in [1.82, 2.24) is 5.32 Å². The van der Waals surface area contributed by atoms with Gasteiger partial charge in [-0.3, -0.25) is 0 Å². The van der Waals surface area contributed by atoms with Crippen molar-refractivity contribution in [1.29, 1.82) is 0 Å². The first-order valence-electron chi connectivity index (χ1n) is 10.7. The first-order chi connectivity index (χ1) is 12.9. The molecule has 1 heteroatoms. The van der Waals surface area contributed by atoms with Gasteiger partial charge in [-0.1, -0.05) is 118 Å². The summed E-state index contributed by atoms with van der Waals surface area (Å²) < 4.78 is 0. The summed E-state index contributed by atoms with van der Waals surface area (Å²) in [6, 6.07) is 0. The zero-order valence-corrected chi connectivity index (χ0v) is 16.4. The third kappa shape index (κ3) is 10.4. The van der Waals surface area contributed by atoms with E-state index in [2.05, 4.69) is 66.1 Å². The van der Waals surface area contributed by atoms with Crippen molar-refractivity contribution in [2.24, 2.45) is 5.92 Å². The molecule has 1 nitrogen and oxygen atoms in total. The normalized spacial score (nSPS) is 29.0. The topological polar surface area (TPSA) is 12.0 Å². The molecule has 0 aromatic carbocycles. The molecule has 0 aliphatic heterocycles. The average molecular weight is 352 g/mol. The predicted molar refractivity (Wildman–Crippen MR) is 116 cm³/mol. The van der Waals surface area contributed by atoms with E-state index in [4.69, 9.17) is 0 Å². The van der Waals surface area contributed by atoms with Crippen molar-refractivity contribution in [3.05, 3.63) is 72.4 Å². The fourth-order valence-electron chi connectivity index (χ4n) is 3.68. The molecule has 1 N–H and O–H groups in total. The van der Waals surface area contributed by atoms with E-state index < -0.39 is 0 Å². The highest BCUT2D eigenvalue weighted by Crippen LogP contribution is 2.20. The maximum atomic E-state index is 3.73. The van der Waals surface area contributed by atoms with Crippen LogP contribution in [0.4, 0.5) is 0 Å². The lowest BCUT2D eigenvalue weighted by atomic mass is 9.95. The van der Waals surface area contributed by atoms with Crippen LogP contribution in [0.15, 0.2) is 72.4 Å². The molecule has 0 saturated heterocycles. The number of allylic oxidation sites excluding steroid dienone is 10. The quantitative estimate of drug-likeness (QED) is 0.585. The summed E-state index contributed by atoms with van der Waals surface area (Å²) >= 11 is 0. The van der Waals surface area contributed by atoms with Gasteiger partial charge >= 0.3 is 0 Å². The molecule has 0 atom stereocenters. The summed E-state index contributed by atoms with van der Waals surface area (Å²) in [4.78, 5) is 0. The standard InChI is InChI=1S/C25H37N/c1-2-6-10-14-18-24(19-15-11-7-3-1)22-26-23-25-20-16-12-8-4-5-9-13-17-21-25/h1-3,6-7,10-11,14-15,18-19,25-26H,4-5,8-9,12-13,16-17,20-23H2/b2-1-,3-1?,6-2?,7-3-,10-6-,11-7?,14-10?,15-11-,18-14-,19-15?,24-18?,24-19+. The molecule has 2 aliphatic carbocycles. The fourth-order valence-corrected chi connectivity index (χ4v) is 3.68. The Morgan fingerprint density at radius 2 is 1.12 bits per heavy atom. The van der Waals surface area contributed by atoms with Gasteiger partial charge in [0, 0.05) is 6.54 Å². The van der Waals surface area contributed by atoms with E-state index in [1.807, 2.05) is 6.08 Å². The van der Waals surface area contributed by atoms with Gasteiger partial charge < -0.3 is 5.32 Å². The van der Waals surface area contributed by atoms with Crippen molar-refractivity contribution >= 4 is 0 Å². The largest absolute Gasteiger partial charge is 0.312 e. The Kier molecular flexibility index (Phi) is 11.6. The van der Waals surface area contributed by atoms with Crippen LogP contribution in [0.2, 0.25) is 0 Å². The molecule has 0 aromatic heterocycles. The van der Waals surface area contributed by atoms with Crippen LogP contribution in [0.1, 0.15) is 64.2 Å². The Morgan fingerprint density at radius 3 is 1.73 bits per heavy atom. The highest BCUT2D eigenvalue weighted by atomic mass is 14.9. The molecule has 2 rings (SSSR count). The van der Waals surface area contributed by atoms with Crippen LogP contribution in [0.5, 0.6) is 0 Å². The SMILES string of the molecule is C1=C\C=C/C=C\C(CNCC2CCCCCCCCCC2)=C/C=C\C=C/1. The molecule has 0 aromatic rings. The molecule has 1 saturated carbocycles. The van der Waals surface area contributed by atoms with Crippen molar-refractivity contribution in [2.45, 2.75) is 64.2 Å². The number of hydrogen-bond acceptors (Lipinski definition) is 1. The van der Waals surface area contributed by atoms with Crippen molar-refractivity contribution < 1.29 is 0 Å². The lowest BCUT2D eigenvalue weighted by Crippen LogP contribution is -2.24. The van der Waals surface area contributed by atoms with Crippen LogP contribution in [0, 0.1) is 5.92 Å². The maximum absolute atomic E-state index is 3.73. The van der Waals surface area contributed by atoms with Crippen LogP contribution in [-0.2, 0) is 0 Å². The molecule has 142 valence electrons. The number of rotatable bonds is 4. The van der Waals surface area contributed by atoms with E-state index in [-0.39, 0.29) is 0 Å².